The first kappa shape index (κ1) is 27.0. The van der Waals surface area contributed by atoms with E-state index in [2.05, 4.69) is 15.2 Å². The van der Waals surface area contributed by atoms with Crippen LogP contribution in [0.1, 0.15) is 23.6 Å². The van der Waals surface area contributed by atoms with Crippen LogP contribution in [-0.4, -0.2) is 32.4 Å². The second kappa shape index (κ2) is 14.1. The quantitative estimate of drug-likeness (QED) is 0.146. The van der Waals surface area contributed by atoms with Crippen molar-refractivity contribution < 1.29 is 18.7 Å². The fourth-order valence-corrected chi connectivity index (χ4v) is 3.41. The van der Waals surface area contributed by atoms with Crippen molar-refractivity contribution in [2.75, 3.05) is 18.8 Å². The highest BCUT2D eigenvalue weighted by molar-refractivity contribution is 6.36. The average molecular weight is 504 g/mol. The van der Waals surface area contributed by atoms with E-state index in [-0.39, 0.29) is 11.7 Å². The Kier molecular flexibility index (Phi) is 11.2. The van der Waals surface area contributed by atoms with Gasteiger partial charge in [0.05, 0.1) is 11.9 Å². The van der Waals surface area contributed by atoms with E-state index < -0.39 is 0 Å². The van der Waals surface area contributed by atoms with Gasteiger partial charge < -0.3 is 10.1 Å². The molecule has 0 spiro atoms. The Labute approximate surface area is 207 Å². The second-order valence-corrected chi connectivity index (χ2v) is 7.75. The summed E-state index contributed by atoms with van der Waals surface area (Å²) in [6.45, 7) is 1.71. The number of nitrogens with zero attached hydrogens (tertiary/aromatic N) is 2. The molecule has 34 heavy (non-hydrogen) atoms. The molecule has 0 saturated heterocycles. The predicted octanol–water partition coefficient (Wildman–Crippen LogP) is 5.45. The van der Waals surface area contributed by atoms with Crippen molar-refractivity contribution in [3.8, 4) is 0 Å². The van der Waals surface area contributed by atoms with Crippen LogP contribution in [0.4, 0.5) is 10.1 Å². The monoisotopic (exact) mass is 503 g/mol. The largest absolute Gasteiger partial charge is 0.365 e. The molecule has 6 nitrogen and oxygen atoms in total. The van der Waals surface area contributed by atoms with E-state index in [0.717, 1.165) is 11.1 Å². The highest BCUT2D eigenvalue weighted by Gasteiger charge is 2.16. The molecule has 3 aromatic rings. The Balaban J connectivity index is 0.000000604. The Morgan fingerprint density at radius 1 is 1.09 bits per heavy atom. The van der Waals surface area contributed by atoms with Crippen LogP contribution < -0.4 is 10.3 Å². The third kappa shape index (κ3) is 8.59. The number of methoxy groups -OCH3 is 1. The number of hydrazone groups is 1. The van der Waals surface area contributed by atoms with Crippen molar-refractivity contribution in [1.29, 1.82) is 0 Å². The highest BCUT2D eigenvalue weighted by atomic mass is 35.5. The number of ether oxygens (including phenoxy) is 1. The topological polar surface area (TPSA) is 71.0 Å². The van der Waals surface area contributed by atoms with E-state index >= 15 is 0 Å². The number of carbonyl (C=O) groups is 2. The van der Waals surface area contributed by atoms with Crippen LogP contribution in [0.2, 0.25) is 10.0 Å². The number of amides is 2. The summed E-state index contributed by atoms with van der Waals surface area (Å²) in [6.07, 6.45) is 2.63. The summed E-state index contributed by atoms with van der Waals surface area (Å²) in [6, 6.07) is 18.9. The van der Waals surface area contributed by atoms with Crippen molar-refractivity contribution >= 4 is 47.4 Å². The van der Waals surface area contributed by atoms with Crippen LogP contribution in [-0.2, 0) is 20.7 Å². The molecule has 0 heterocycles. The minimum absolute atomic E-state index is 0.273. The number of halogens is 3. The molecule has 9 heteroatoms. The molecule has 0 unspecified atom stereocenters. The molecule has 0 aliphatic rings. The molecular weight excluding hydrogens is 480 g/mol. The van der Waals surface area contributed by atoms with E-state index in [1.165, 1.54) is 31.2 Å². The minimum atomic E-state index is -0.301. The van der Waals surface area contributed by atoms with Gasteiger partial charge in [0.15, 0.2) is 0 Å². The summed E-state index contributed by atoms with van der Waals surface area (Å²) < 4.78 is 17.5. The zero-order valence-corrected chi connectivity index (χ0v) is 20.2. The molecule has 0 radical (unpaired) electrons. The van der Waals surface area contributed by atoms with Gasteiger partial charge in [-0.05, 0) is 41.0 Å². The summed E-state index contributed by atoms with van der Waals surface area (Å²) in [5, 5.41) is 8.63. The van der Waals surface area contributed by atoms with E-state index in [1.807, 2.05) is 30.3 Å². The van der Waals surface area contributed by atoms with Gasteiger partial charge in [-0.1, -0.05) is 65.7 Å². The number of hydrogen-bond acceptors (Lipinski definition) is 4. The number of nitrogens with one attached hydrogen (secondary N) is 1. The summed E-state index contributed by atoms with van der Waals surface area (Å²) in [4.78, 5) is 21.5. The van der Waals surface area contributed by atoms with Crippen LogP contribution in [0, 0.1) is 5.82 Å². The molecule has 2 amide bonds. The Morgan fingerprint density at radius 3 is 2.21 bits per heavy atom. The highest BCUT2D eigenvalue weighted by Crippen LogP contribution is 2.33. The number of hydrogen-bond donors (Lipinski definition) is 1. The SMILES string of the molecule is CC(=O)N(/N=C/c1ccccc1)c1cc(Cl)c(Cc2ccc(F)cc2)c(Cl)c1.COCNC=O. The maximum Gasteiger partial charge on any atom is 0.244 e. The van der Waals surface area contributed by atoms with Gasteiger partial charge in [0, 0.05) is 30.5 Å². The van der Waals surface area contributed by atoms with Crippen LogP contribution in [0.3, 0.4) is 0 Å². The van der Waals surface area contributed by atoms with Gasteiger partial charge in [0.25, 0.3) is 0 Å². The normalized spacial score (nSPS) is 10.4. The number of benzene rings is 3. The molecule has 0 atom stereocenters. The first-order valence-electron chi connectivity index (χ1n) is 10.1. The third-order valence-corrected chi connectivity index (χ3v) is 5.07. The summed E-state index contributed by atoms with van der Waals surface area (Å²) in [5.41, 5.74) is 2.91. The molecule has 3 rings (SSSR count). The van der Waals surface area contributed by atoms with Crippen molar-refractivity contribution in [2.45, 2.75) is 13.3 Å². The lowest BCUT2D eigenvalue weighted by atomic mass is 10.0. The number of anilines is 1. The Hall–Kier alpha value is -3.26. The van der Waals surface area contributed by atoms with Gasteiger partial charge >= 0.3 is 0 Å². The van der Waals surface area contributed by atoms with Crippen LogP contribution in [0.15, 0.2) is 71.8 Å². The van der Waals surface area contributed by atoms with E-state index in [1.54, 1.807) is 30.5 Å². The Bertz CT molecular complexity index is 1090. The molecule has 3 aromatic carbocycles. The fraction of sp³-hybridized carbons (Fsp3) is 0.160. The second-order valence-electron chi connectivity index (χ2n) is 6.93. The smallest absolute Gasteiger partial charge is 0.244 e. The van der Waals surface area contributed by atoms with Gasteiger partial charge in [-0.2, -0.15) is 5.10 Å². The van der Waals surface area contributed by atoms with Gasteiger partial charge in [-0.15, -0.1) is 0 Å². The molecule has 0 saturated carbocycles. The zero-order chi connectivity index (χ0) is 24.9. The first-order chi connectivity index (χ1) is 16.3. The molecule has 0 aromatic heterocycles. The molecule has 0 bridgehead atoms. The lowest BCUT2D eigenvalue weighted by Gasteiger charge is -2.17. The maximum atomic E-state index is 13.1. The van der Waals surface area contributed by atoms with Crippen LogP contribution >= 0.6 is 23.2 Å². The van der Waals surface area contributed by atoms with Gasteiger partial charge in [0.1, 0.15) is 12.5 Å². The number of rotatable bonds is 8. The lowest BCUT2D eigenvalue weighted by molar-refractivity contribution is -0.116. The van der Waals surface area contributed by atoms with Crippen LogP contribution in [0.5, 0.6) is 0 Å². The molecule has 0 aliphatic heterocycles. The average Bonchev–Trinajstić information content (AvgIpc) is 2.82. The van der Waals surface area contributed by atoms with Crippen molar-refractivity contribution in [2.24, 2.45) is 5.10 Å². The van der Waals surface area contributed by atoms with Crippen molar-refractivity contribution in [1.82, 2.24) is 5.32 Å². The minimum Gasteiger partial charge on any atom is -0.365 e. The van der Waals surface area contributed by atoms with E-state index in [9.17, 15) is 14.0 Å². The van der Waals surface area contributed by atoms with E-state index in [0.29, 0.717) is 40.9 Å². The van der Waals surface area contributed by atoms with E-state index in [4.69, 9.17) is 23.2 Å². The molecular formula is C25H24Cl2FN3O3. The molecule has 0 fully saturated rings. The summed E-state index contributed by atoms with van der Waals surface area (Å²) in [5.74, 6) is -0.574. The van der Waals surface area contributed by atoms with Gasteiger partial charge in [-0.25, -0.2) is 9.40 Å². The molecule has 0 aliphatic carbocycles. The predicted molar refractivity (Wildman–Crippen MR) is 134 cm³/mol. The van der Waals surface area contributed by atoms with Gasteiger partial charge in [0.2, 0.25) is 12.3 Å². The van der Waals surface area contributed by atoms with Crippen molar-refractivity contribution in [3.05, 3.63) is 99.3 Å². The fourth-order valence-electron chi connectivity index (χ4n) is 2.80. The molecule has 178 valence electrons. The maximum absolute atomic E-state index is 13.1. The third-order valence-electron chi connectivity index (χ3n) is 4.40. The zero-order valence-electron chi connectivity index (χ0n) is 18.7. The summed E-state index contributed by atoms with van der Waals surface area (Å²) >= 11 is 12.9. The summed E-state index contributed by atoms with van der Waals surface area (Å²) in [7, 11) is 1.51. The lowest BCUT2D eigenvalue weighted by Crippen LogP contribution is -2.22. The van der Waals surface area contributed by atoms with Crippen molar-refractivity contribution in [3.63, 3.8) is 0 Å². The first-order valence-corrected chi connectivity index (χ1v) is 10.9. The number of carbonyl (C=O) groups excluding carboxylic acids is 2. The Morgan fingerprint density at radius 2 is 1.71 bits per heavy atom. The van der Waals surface area contributed by atoms with Gasteiger partial charge in [-0.3, -0.25) is 9.59 Å². The standard InChI is InChI=1S/C22H17Cl2FN2O.C3H7NO2/c1-15(28)27(26-14-17-5-3-2-4-6-17)19-12-21(23)20(22(24)13-19)11-16-7-9-18(25)10-8-16;1-6-3-4-2-5/h2-10,12-14H,11H2,1H3;2H,3H2,1H3,(H,4,5)/b26-14+;. The van der Waals surface area contributed by atoms with Crippen LogP contribution in [0.25, 0.3) is 0 Å². The molecule has 1 N–H and O–H groups in total.